The number of benzene rings is 1. The second-order valence-electron chi connectivity index (χ2n) is 5.75. The highest BCUT2D eigenvalue weighted by atomic mass is 32.2. The molecule has 11 heteroatoms. The molecular weight excluding hydrogens is 416 g/mol. The Hall–Kier alpha value is -2.92. The van der Waals surface area contributed by atoms with Crippen molar-refractivity contribution in [3.05, 3.63) is 35.0 Å². The Morgan fingerprint density at radius 2 is 2.07 bits per heavy atom. The second-order valence-corrected chi connectivity index (χ2v) is 7.42. The van der Waals surface area contributed by atoms with Crippen LogP contribution < -0.4 is 9.47 Å². The van der Waals surface area contributed by atoms with Crippen LogP contribution in [0.3, 0.4) is 0 Å². The molecule has 1 amide bonds. The molecule has 1 saturated heterocycles. The van der Waals surface area contributed by atoms with Crippen LogP contribution in [0.2, 0.25) is 0 Å². The van der Waals surface area contributed by atoms with Crippen molar-refractivity contribution in [2.45, 2.75) is 13.8 Å². The van der Waals surface area contributed by atoms with Crippen LogP contribution in [0.15, 0.2) is 29.3 Å². The lowest BCUT2D eigenvalue weighted by Crippen LogP contribution is -2.33. The molecule has 0 spiro atoms. The molecule has 1 N–H and O–H groups in total. The minimum atomic E-state index is -1.13. The van der Waals surface area contributed by atoms with Crippen LogP contribution >= 0.6 is 24.0 Å². The quantitative estimate of drug-likeness (QED) is 0.495. The number of carbonyl (C=O) groups excluding carboxylic acids is 1. The number of amides is 1. The molecule has 1 aromatic carbocycles. The van der Waals surface area contributed by atoms with E-state index in [2.05, 4.69) is 10.3 Å². The normalized spacial score (nSPS) is 15.2. The summed E-state index contributed by atoms with van der Waals surface area (Å²) in [6.07, 6.45) is 3.16. The maximum atomic E-state index is 12.4. The number of rotatable bonds is 8. The van der Waals surface area contributed by atoms with Gasteiger partial charge in [-0.2, -0.15) is 0 Å². The molecule has 9 nitrogen and oxygen atoms in total. The molecule has 2 heterocycles. The molecule has 1 aliphatic heterocycles. The van der Waals surface area contributed by atoms with Crippen molar-refractivity contribution in [3.63, 3.8) is 0 Å². The van der Waals surface area contributed by atoms with E-state index in [1.54, 1.807) is 18.3 Å². The Morgan fingerprint density at radius 1 is 1.31 bits per heavy atom. The van der Waals surface area contributed by atoms with E-state index in [4.69, 9.17) is 26.8 Å². The molecule has 1 fully saturated rings. The lowest BCUT2D eigenvalue weighted by Gasteiger charge is -2.11. The standard InChI is InChI=1S/C18H18N4O5S2/c1-3-26-12-5-6-14(27-4-2)13(8-12)22-9-11(19-20-22)7-15-17(25)21(10-16(23)24)18(28)29-15/h5-9H,3-4,10H2,1-2H3,(H,23,24)/b15-7-. The topological polar surface area (TPSA) is 107 Å². The lowest BCUT2D eigenvalue weighted by atomic mass is 10.2. The fourth-order valence-electron chi connectivity index (χ4n) is 2.58. The fourth-order valence-corrected chi connectivity index (χ4v) is 3.82. The third-order valence-corrected chi connectivity index (χ3v) is 5.12. The van der Waals surface area contributed by atoms with E-state index in [9.17, 15) is 9.59 Å². The molecular formula is C18H18N4O5S2. The highest BCUT2D eigenvalue weighted by Gasteiger charge is 2.33. The molecule has 2 aromatic rings. The molecule has 152 valence electrons. The van der Waals surface area contributed by atoms with Crippen molar-refractivity contribution in [1.29, 1.82) is 0 Å². The van der Waals surface area contributed by atoms with Gasteiger partial charge < -0.3 is 14.6 Å². The van der Waals surface area contributed by atoms with Crippen molar-refractivity contribution in [1.82, 2.24) is 19.9 Å². The number of nitrogens with zero attached hydrogens (tertiary/aromatic N) is 4. The number of ether oxygens (including phenoxy) is 2. The van der Waals surface area contributed by atoms with Crippen LogP contribution in [0.5, 0.6) is 11.5 Å². The van der Waals surface area contributed by atoms with Gasteiger partial charge >= 0.3 is 5.97 Å². The van der Waals surface area contributed by atoms with Gasteiger partial charge in [0, 0.05) is 6.07 Å². The highest BCUT2D eigenvalue weighted by Crippen LogP contribution is 2.32. The third-order valence-electron chi connectivity index (χ3n) is 3.75. The zero-order chi connectivity index (χ0) is 21.0. The summed E-state index contributed by atoms with van der Waals surface area (Å²) in [5, 5.41) is 17.1. The zero-order valence-electron chi connectivity index (χ0n) is 15.7. The van der Waals surface area contributed by atoms with E-state index in [0.717, 1.165) is 16.7 Å². The Morgan fingerprint density at radius 3 is 2.76 bits per heavy atom. The van der Waals surface area contributed by atoms with Crippen LogP contribution in [0.1, 0.15) is 19.5 Å². The zero-order valence-corrected chi connectivity index (χ0v) is 17.3. The van der Waals surface area contributed by atoms with Gasteiger partial charge in [0.05, 0.1) is 24.3 Å². The smallest absolute Gasteiger partial charge is 0.323 e. The predicted octanol–water partition coefficient (Wildman–Crippen LogP) is 2.35. The first kappa shape index (κ1) is 20.8. The van der Waals surface area contributed by atoms with Gasteiger partial charge in [0.25, 0.3) is 5.91 Å². The van der Waals surface area contributed by atoms with Crippen molar-refractivity contribution in [3.8, 4) is 17.2 Å². The molecule has 0 bridgehead atoms. The summed E-state index contributed by atoms with van der Waals surface area (Å²) in [6, 6.07) is 5.39. The molecule has 29 heavy (non-hydrogen) atoms. The number of aliphatic carboxylic acids is 1. The van der Waals surface area contributed by atoms with E-state index in [0.29, 0.717) is 36.1 Å². The van der Waals surface area contributed by atoms with E-state index in [1.807, 2.05) is 19.9 Å². The van der Waals surface area contributed by atoms with Crippen molar-refractivity contribution in [2.75, 3.05) is 19.8 Å². The number of carboxylic acid groups (broad SMARTS) is 1. The minimum Gasteiger partial charge on any atom is -0.494 e. The first-order valence-electron chi connectivity index (χ1n) is 8.72. The Balaban J connectivity index is 1.89. The SMILES string of the molecule is CCOc1ccc(OCC)c(-n2cc(/C=C3\SC(=S)N(CC(=O)O)C3=O)nn2)c1. The summed E-state index contributed by atoms with van der Waals surface area (Å²) in [7, 11) is 0. The monoisotopic (exact) mass is 434 g/mol. The van der Waals surface area contributed by atoms with Crippen molar-refractivity contribution < 1.29 is 24.2 Å². The van der Waals surface area contributed by atoms with E-state index in [1.165, 1.54) is 10.8 Å². The predicted molar refractivity (Wildman–Crippen MR) is 111 cm³/mol. The second kappa shape index (κ2) is 9.05. The summed E-state index contributed by atoms with van der Waals surface area (Å²) >= 11 is 6.12. The molecule has 0 aliphatic carbocycles. The number of thioether (sulfide) groups is 1. The number of hydrogen-bond acceptors (Lipinski definition) is 8. The van der Waals surface area contributed by atoms with Gasteiger partial charge in [0.1, 0.15) is 33.7 Å². The summed E-state index contributed by atoms with van der Waals surface area (Å²) in [5.74, 6) is -0.325. The van der Waals surface area contributed by atoms with Crippen molar-refractivity contribution in [2.24, 2.45) is 0 Å². The van der Waals surface area contributed by atoms with Crippen molar-refractivity contribution >= 4 is 46.3 Å². The van der Waals surface area contributed by atoms with Gasteiger partial charge in [0.15, 0.2) is 0 Å². The number of carboxylic acids is 1. The van der Waals surface area contributed by atoms with Gasteiger partial charge in [-0.15, -0.1) is 5.10 Å². The fraction of sp³-hybridized carbons (Fsp3) is 0.278. The Labute approximate surface area is 176 Å². The lowest BCUT2D eigenvalue weighted by molar-refractivity contribution is -0.140. The van der Waals surface area contributed by atoms with Crippen LogP contribution in [0, 0.1) is 0 Å². The molecule has 1 aliphatic rings. The van der Waals surface area contributed by atoms with Gasteiger partial charge in [-0.05, 0) is 32.1 Å². The van der Waals surface area contributed by atoms with Gasteiger partial charge in [-0.3, -0.25) is 14.5 Å². The minimum absolute atomic E-state index is 0.194. The van der Waals surface area contributed by atoms with E-state index in [-0.39, 0.29) is 9.23 Å². The average molecular weight is 434 g/mol. The average Bonchev–Trinajstić information content (AvgIpc) is 3.24. The molecule has 0 atom stereocenters. The summed E-state index contributed by atoms with van der Waals surface area (Å²) in [6.45, 7) is 4.30. The highest BCUT2D eigenvalue weighted by molar-refractivity contribution is 8.26. The summed E-state index contributed by atoms with van der Waals surface area (Å²) in [4.78, 5) is 24.6. The first-order chi connectivity index (χ1) is 13.9. The number of carbonyl (C=O) groups is 2. The number of aromatic nitrogens is 3. The number of thiocarbonyl (C=S) groups is 1. The summed E-state index contributed by atoms with van der Waals surface area (Å²) in [5.41, 5.74) is 1.06. The molecule has 3 rings (SSSR count). The third kappa shape index (κ3) is 4.74. The van der Waals surface area contributed by atoms with E-state index < -0.39 is 18.4 Å². The van der Waals surface area contributed by atoms with E-state index >= 15 is 0 Å². The van der Waals surface area contributed by atoms with Gasteiger partial charge in [-0.25, -0.2) is 4.68 Å². The maximum absolute atomic E-state index is 12.4. The van der Waals surface area contributed by atoms with Gasteiger partial charge in [0.2, 0.25) is 0 Å². The largest absolute Gasteiger partial charge is 0.494 e. The van der Waals surface area contributed by atoms with Gasteiger partial charge in [-0.1, -0.05) is 29.2 Å². The van der Waals surface area contributed by atoms with Crippen LogP contribution in [-0.4, -0.2) is 61.0 Å². The maximum Gasteiger partial charge on any atom is 0.323 e. The summed E-state index contributed by atoms with van der Waals surface area (Å²) < 4.78 is 12.9. The Kier molecular flexibility index (Phi) is 6.49. The first-order valence-corrected chi connectivity index (χ1v) is 9.95. The van der Waals surface area contributed by atoms with Crippen LogP contribution in [-0.2, 0) is 9.59 Å². The number of hydrogen-bond donors (Lipinski definition) is 1. The molecule has 1 aromatic heterocycles. The van der Waals surface area contributed by atoms with Crippen LogP contribution in [0.25, 0.3) is 11.8 Å². The molecule has 0 unspecified atom stereocenters. The molecule has 0 saturated carbocycles. The molecule has 0 radical (unpaired) electrons. The Bertz CT molecular complexity index is 988. The van der Waals surface area contributed by atoms with Crippen LogP contribution in [0.4, 0.5) is 0 Å².